The summed E-state index contributed by atoms with van der Waals surface area (Å²) in [6.07, 6.45) is 16.1. The van der Waals surface area contributed by atoms with Crippen LogP contribution in [0.2, 0.25) is 0 Å². The van der Waals surface area contributed by atoms with Gasteiger partial charge in [-0.3, -0.25) is 19.1 Å². The molecule has 0 aliphatic heterocycles. The number of rotatable bonds is 7. The van der Waals surface area contributed by atoms with Crippen LogP contribution in [-0.4, -0.2) is 29.1 Å². The molecule has 0 fully saturated rings. The van der Waals surface area contributed by atoms with Gasteiger partial charge < -0.3 is 24.8 Å². The number of aryl methyl sites for hydroxylation is 1. The van der Waals surface area contributed by atoms with Crippen LogP contribution >= 0.6 is 23.5 Å². The summed E-state index contributed by atoms with van der Waals surface area (Å²) in [5.74, 6) is 0.462. The van der Waals surface area contributed by atoms with Gasteiger partial charge in [-0.05, 0) is 52.9 Å². The predicted octanol–water partition coefficient (Wildman–Crippen LogP) is -1.15. The van der Waals surface area contributed by atoms with E-state index in [9.17, 15) is 0 Å². The highest BCUT2D eigenvalue weighted by Gasteiger charge is 2.04. The average Bonchev–Trinajstić information content (AvgIpc) is 2.90. The summed E-state index contributed by atoms with van der Waals surface area (Å²) in [4.78, 5) is 13.4. The molecule has 6 nitrogen and oxygen atoms in total. The van der Waals surface area contributed by atoms with Gasteiger partial charge in [-0.15, -0.1) is 11.6 Å². The smallest absolute Gasteiger partial charge is 0.223 e. The first-order valence-electron chi connectivity index (χ1n) is 10.9. The molecule has 0 N–H and O–H groups in total. The lowest BCUT2D eigenvalue weighted by Crippen LogP contribution is -3.00. The van der Waals surface area contributed by atoms with Gasteiger partial charge in [-0.25, -0.2) is 4.57 Å². The second-order valence-electron chi connectivity index (χ2n) is 7.01. The molecule has 0 bridgehead atoms. The van der Waals surface area contributed by atoms with Gasteiger partial charge in [0.05, 0.1) is 18.5 Å². The van der Waals surface area contributed by atoms with E-state index in [1.807, 2.05) is 60.7 Å². The third-order valence-electron chi connectivity index (χ3n) is 4.41. The van der Waals surface area contributed by atoms with Crippen LogP contribution in [0.3, 0.4) is 0 Å². The first-order valence-corrected chi connectivity index (χ1v) is 11.7. The lowest BCUT2D eigenvalue weighted by Gasteiger charge is -1.99. The van der Waals surface area contributed by atoms with Crippen LogP contribution in [0.4, 0.5) is 0 Å². The predicted molar refractivity (Wildman–Crippen MR) is 135 cm³/mol. The van der Waals surface area contributed by atoms with Gasteiger partial charge >= 0.3 is 0 Å². The summed E-state index contributed by atoms with van der Waals surface area (Å²) in [5, 5.41) is 0. The van der Waals surface area contributed by atoms with E-state index >= 15 is 0 Å². The quantitative estimate of drug-likeness (QED) is 0.208. The van der Waals surface area contributed by atoms with Crippen LogP contribution < -0.4 is 38.9 Å². The van der Waals surface area contributed by atoms with Gasteiger partial charge in [-0.1, -0.05) is 6.92 Å². The van der Waals surface area contributed by atoms with Gasteiger partial charge in [0.15, 0.2) is 19.0 Å². The molecule has 0 aromatic carbocycles. The van der Waals surface area contributed by atoms with E-state index in [2.05, 4.69) is 45.4 Å². The van der Waals surface area contributed by atoms with Crippen LogP contribution in [-0.2, 0) is 11.3 Å². The fraction of sp³-hybridized carbons (Fsp3) is 0.231. The Kier molecular flexibility index (Phi) is 19.3. The molecule has 0 saturated heterocycles. The zero-order chi connectivity index (χ0) is 24.4. The molecule has 0 spiro atoms. The van der Waals surface area contributed by atoms with E-state index in [1.165, 1.54) is 22.3 Å². The Morgan fingerprint density at radius 2 is 1.11 bits per heavy atom. The van der Waals surface area contributed by atoms with Gasteiger partial charge in [-0.2, -0.15) is 0 Å². The van der Waals surface area contributed by atoms with Gasteiger partial charge in [0.2, 0.25) is 12.4 Å². The Morgan fingerprint density at radius 1 is 0.694 bits per heavy atom. The first-order chi connectivity index (χ1) is 16.7. The lowest BCUT2D eigenvalue weighted by molar-refractivity contribution is -0.891. The minimum absolute atomic E-state index is 0. The number of pyridine rings is 4. The Hall–Kier alpha value is -2.48. The molecule has 0 aliphatic carbocycles. The molecule has 10 heteroatoms. The van der Waals surface area contributed by atoms with E-state index < -0.39 is 0 Å². The average molecular weight is 572 g/mol. The summed E-state index contributed by atoms with van der Waals surface area (Å²) in [5.41, 5.74) is 4.76. The highest BCUT2D eigenvalue weighted by molar-refractivity contribution is 6.18. The number of hydrogen-bond donors (Lipinski definition) is 0. The number of halogens is 4. The van der Waals surface area contributed by atoms with E-state index in [0.29, 0.717) is 12.5 Å². The third kappa shape index (κ3) is 13.0. The lowest BCUT2D eigenvalue weighted by atomic mass is 10.1. The Morgan fingerprint density at radius 3 is 1.47 bits per heavy atom. The molecule has 0 amide bonds. The largest absolute Gasteiger partial charge is 1.00 e. The molecule has 4 heterocycles. The molecule has 0 atom stereocenters. The van der Waals surface area contributed by atoms with Crippen molar-refractivity contribution >= 4 is 23.5 Å². The minimum Gasteiger partial charge on any atom is -1.00 e. The summed E-state index contributed by atoms with van der Waals surface area (Å²) in [7, 11) is 2.02. The summed E-state index contributed by atoms with van der Waals surface area (Å²) in [6, 6.07) is 16.3. The minimum atomic E-state index is 0. The van der Waals surface area contributed by atoms with Crippen molar-refractivity contribution in [1.82, 2.24) is 9.97 Å². The zero-order valence-electron chi connectivity index (χ0n) is 20.2. The van der Waals surface area contributed by atoms with Crippen molar-refractivity contribution in [3.63, 3.8) is 0 Å². The Labute approximate surface area is 235 Å². The molecule has 0 saturated carbocycles. The van der Waals surface area contributed by atoms with E-state index in [4.69, 9.17) is 28.3 Å². The van der Waals surface area contributed by atoms with Crippen molar-refractivity contribution in [2.24, 2.45) is 7.05 Å². The van der Waals surface area contributed by atoms with Gasteiger partial charge in [0.1, 0.15) is 7.05 Å². The number of hydrogen-bond acceptors (Lipinski definition) is 4. The van der Waals surface area contributed by atoms with Crippen molar-refractivity contribution in [2.75, 3.05) is 19.1 Å². The SMILES string of the molecule is CCCO[n+]1ccc(-c2cc[n+](C)cc2)cc1.ClCCOCl.[Cl-].[Cl-].c1cc(-c2ccncc2)ccn1. The van der Waals surface area contributed by atoms with Gasteiger partial charge in [0, 0.05) is 59.7 Å². The van der Waals surface area contributed by atoms with Crippen LogP contribution in [0.25, 0.3) is 22.3 Å². The molecular formula is C26H30Cl4N4O2. The summed E-state index contributed by atoms with van der Waals surface area (Å²) < 4.78 is 7.80. The molecule has 0 unspecified atom stereocenters. The fourth-order valence-corrected chi connectivity index (χ4v) is 2.93. The molecular weight excluding hydrogens is 542 g/mol. The normalized spacial score (nSPS) is 9.22. The van der Waals surface area contributed by atoms with Crippen LogP contribution in [0.5, 0.6) is 0 Å². The molecule has 4 aromatic rings. The topological polar surface area (TPSA) is 52.0 Å². The number of aromatic nitrogens is 4. The highest BCUT2D eigenvalue weighted by atomic mass is 35.5. The zero-order valence-corrected chi connectivity index (χ0v) is 23.2. The number of nitrogens with zero attached hydrogens (tertiary/aromatic N) is 4. The van der Waals surface area contributed by atoms with Crippen LogP contribution in [0.1, 0.15) is 13.3 Å². The van der Waals surface area contributed by atoms with Crippen LogP contribution in [0, 0.1) is 0 Å². The third-order valence-corrected chi connectivity index (χ3v) is 4.72. The van der Waals surface area contributed by atoms with E-state index in [0.717, 1.165) is 13.0 Å². The van der Waals surface area contributed by atoms with E-state index in [-0.39, 0.29) is 24.8 Å². The molecule has 4 aromatic heterocycles. The maximum atomic E-state index is 5.48. The maximum absolute atomic E-state index is 5.48. The molecule has 0 aliphatic rings. The summed E-state index contributed by atoms with van der Waals surface area (Å²) in [6.45, 7) is 3.26. The van der Waals surface area contributed by atoms with Gasteiger partial charge in [0.25, 0.3) is 0 Å². The second-order valence-corrected chi connectivity index (χ2v) is 7.60. The molecule has 4 rings (SSSR count). The van der Waals surface area contributed by atoms with Crippen molar-refractivity contribution in [1.29, 1.82) is 0 Å². The molecule has 36 heavy (non-hydrogen) atoms. The van der Waals surface area contributed by atoms with Crippen molar-refractivity contribution in [3.05, 3.63) is 98.1 Å². The standard InChI is InChI=1S/C14H18N2O.C10H8N2.C2H4Cl2O.2ClH/c1-3-12-17-16-10-6-14(7-11-16)13-4-8-15(2)9-5-13;1-5-11-6-2-9(1)10-3-7-12-8-4-10;3-1-2-5-4;;/h4-11H,3,12H2,1-2H3;1-8H;1-2H2;2*1H/q+2;;;;/p-2. The van der Waals surface area contributed by atoms with Crippen LogP contribution in [0.15, 0.2) is 98.1 Å². The van der Waals surface area contributed by atoms with Crippen molar-refractivity contribution in [2.45, 2.75) is 13.3 Å². The highest BCUT2D eigenvalue weighted by Crippen LogP contribution is 2.16. The molecule has 194 valence electrons. The summed E-state index contributed by atoms with van der Waals surface area (Å²) >= 11 is 9.81. The Balaban J connectivity index is 0.000000566. The van der Waals surface area contributed by atoms with Crippen molar-refractivity contribution in [3.8, 4) is 22.3 Å². The second kappa shape index (κ2) is 20.7. The van der Waals surface area contributed by atoms with Crippen molar-refractivity contribution < 1.29 is 43.2 Å². The molecule has 0 radical (unpaired) electrons. The van der Waals surface area contributed by atoms with E-state index in [1.54, 1.807) is 29.5 Å². The first kappa shape index (κ1) is 33.5. The Bertz CT molecular complexity index is 1000. The monoisotopic (exact) mass is 570 g/mol. The fourth-order valence-electron chi connectivity index (χ4n) is 2.70. The number of alkyl halides is 1. The maximum Gasteiger partial charge on any atom is 0.223 e.